The van der Waals surface area contributed by atoms with Crippen LogP contribution < -0.4 is 5.32 Å². The first-order valence-corrected chi connectivity index (χ1v) is 9.03. The van der Waals surface area contributed by atoms with Gasteiger partial charge in [-0.2, -0.15) is 0 Å². The molecule has 0 radical (unpaired) electrons. The maximum atomic E-state index is 12.6. The van der Waals surface area contributed by atoms with Gasteiger partial charge in [0.05, 0.1) is 0 Å². The molecule has 1 aromatic carbocycles. The van der Waals surface area contributed by atoms with Crippen LogP contribution in [-0.2, 0) is 0 Å². The van der Waals surface area contributed by atoms with Crippen LogP contribution >= 0.6 is 11.6 Å². The van der Waals surface area contributed by atoms with Crippen LogP contribution in [0, 0.1) is 5.92 Å². The molecule has 5 rings (SSSR count). The van der Waals surface area contributed by atoms with E-state index < -0.39 is 0 Å². The number of carbonyl (C=O) groups is 1. The van der Waals surface area contributed by atoms with Gasteiger partial charge in [0.1, 0.15) is 0 Å². The number of aromatic nitrogens is 1. The Bertz CT molecular complexity index is 720. The molecule has 3 saturated heterocycles. The molecule has 0 saturated carbocycles. The lowest BCUT2D eigenvalue weighted by Crippen LogP contribution is -2.43. The van der Waals surface area contributed by atoms with Crippen molar-refractivity contribution in [3.05, 3.63) is 47.7 Å². The van der Waals surface area contributed by atoms with Crippen molar-refractivity contribution in [2.75, 3.05) is 19.6 Å². The highest BCUT2D eigenvalue weighted by molar-refractivity contribution is 6.33. The number of piperidine rings is 1. The van der Waals surface area contributed by atoms with Gasteiger partial charge in [0, 0.05) is 41.1 Å². The van der Waals surface area contributed by atoms with E-state index >= 15 is 0 Å². The summed E-state index contributed by atoms with van der Waals surface area (Å²) in [6.45, 7) is 3.33. The van der Waals surface area contributed by atoms with Gasteiger partial charge in [0.25, 0.3) is 0 Å². The second kappa shape index (κ2) is 6.61. The molecule has 2 aromatic rings. The molecule has 1 atom stereocenters. The Kier molecular flexibility index (Phi) is 4.33. The third-order valence-corrected chi connectivity index (χ3v) is 5.57. The molecule has 1 amide bonds. The van der Waals surface area contributed by atoms with Crippen molar-refractivity contribution >= 4 is 17.6 Å². The van der Waals surface area contributed by atoms with Crippen LogP contribution in [0.4, 0.5) is 4.79 Å². The van der Waals surface area contributed by atoms with Gasteiger partial charge in [-0.1, -0.05) is 29.8 Å². The predicted octanol–water partition coefficient (Wildman–Crippen LogP) is 3.85. The Morgan fingerprint density at radius 2 is 1.96 bits per heavy atom. The Labute approximate surface area is 147 Å². The minimum Gasteiger partial charge on any atom is -0.333 e. The third-order valence-electron chi connectivity index (χ3n) is 5.24. The summed E-state index contributed by atoms with van der Waals surface area (Å²) in [6, 6.07) is 9.82. The van der Waals surface area contributed by atoms with Gasteiger partial charge in [0.2, 0.25) is 0 Å². The SMILES string of the molecule is O=C(NC1CC2CCN(CC2)C1)n1ccc(-c2ccccc2Cl)c1. The van der Waals surface area contributed by atoms with Crippen molar-refractivity contribution in [3.8, 4) is 11.1 Å². The summed E-state index contributed by atoms with van der Waals surface area (Å²) >= 11 is 6.25. The highest BCUT2D eigenvalue weighted by atomic mass is 35.5. The minimum atomic E-state index is -0.0548. The van der Waals surface area contributed by atoms with Gasteiger partial charge < -0.3 is 10.2 Å². The molecule has 4 heterocycles. The van der Waals surface area contributed by atoms with Crippen LogP contribution in [0.5, 0.6) is 0 Å². The van der Waals surface area contributed by atoms with E-state index in [1.807, 2.05) is 36.5 Å². The first kappa shape index (κ1) is 15.7. The maximum absolute atomic E-state index is 12.6. The summed E-state index contributed by atoms with van der Waals surface area (Å²) in [5.74, 6) is 0.761. The average Bonchev–Trinajstić information content (AvgIpc) is 2.90. The first-order valence-electron chi connectivity index (χ1n) is 8.65. The van der Waals surface area contributed by atoms with E-state index in [-0.39, 0.29) is 12.1 Å². The number of hydrogen-bond donors (Lipinski definition) is 1. The van der Waals surface area contributed by atoms with Crippen molar-refractivity contribution in [2.24, 2.45) is 5.92 Å². The zero-order valence-electron chi connectivity index (χ0n) is 13.6. The highest BCUT2D eigenvalue weighted by Crippen LogP contribution is 2.28. The van der Waals surface area contributed by atoms with E-state index in [0.717, 1.165) is 30.0 Å². The van der Waals surface area contributed by atoms with Gasteiger partial charge in [-0.15, -0.1) is 0 Å². The molecule has 24 heavy (non-hydrogen) atoms. The fraction of sp³-hybridized carbons (Fsp3) is 0.421. The van der Waals surface area contributed by atoms with Gasteiger partial charge in [-0.05, 0) is 50.4 Å². The van der Waals surface area contributed by atoms with Crippen molar-refractivity contribution in [2.45, 2.75) is 25.3 Å². The Morgan fingerprint density at radius 1 is 1.17 bits per heavy atom. The maximum Gasteiger partial charge on any atom is 0.325 e. The lowest BCUT2D eigenvalue weighted by molar-refractivity contribution is 0.217. The molecule has 3 aliphatic heterocycles. The largest absolute Gasteiger partial charge is 0.333 e. The summed E-state index contributed by atoms with van der Waals surface area (Å²) in [4.78, 5) is 15.1. The fourth-order valence-electron chi connectivity index (χ4n) is 3.92. The molecule has 2 bridgehead atoms. The van der Waals surface area contributed by atoms with Crippen LogP contribution in [0.2, 0.25) is 5.02 Å². The summed E-state index contributed by atoms with van der Waals surface area (Å²) in [5, 5.41) is 3.90. The standard InChI is InChI=1S/C19H22ClN3O/c20-18-4-2-1-3-17(18)15-7-10-23(12-15)19(24)21-16-11-14-5-8-22(13-16)9-6-14/h1-4,7,10,12,14,16H,5-6,8-9,11,13H2,(H,21,24). The van der Waals surface area contributed by atoms with E-state index in [9.17, 15) is 4.79 Å². The fourth-order valence-corrected chi connectivity index (χ4v) is 4.17. The second-order valence-corrected chi connectivity index (χ2v) is 7.32. The smallest absolute Gasteiger partial charge is 0.325 e. The molecule has 0 aliphatic carbocycles. The zero-order valence-corrected chi connectivity index (χ0v) is 14.4. The monoisotopic (exact) mass is 343 g/mol. The van der Waals surface area contributed by atoms with Crippen LogP contribution in [0.1, 0.15) is 19.3 Å². The Hall–Kier alpha value is -1.78. The van der Waals surface area contributed by atoms with Gasteiger partial charge in [0.15, 0.2) is 0 Å². The summed E-state index contributed by atoms with van der Waals surface area (Å²) in [6.07, 6.45) is 7.29. The molecular formula is C19H22ClN3O. The first-order chi connectivity index (χ1) is 11.7. The lowest BCUT2D eigenvalue weighted by Gasteiger charge is -2.26. The van der Waals surface area contributed by atoms with Crippen molar-refractivity contribution in [1.29, 1.82) is 0 Å². The van der Waals surface area contributed by atoms with Crippen LogP contribution in [0.3, 0.4) is 0 Å². The number of halogens is 1. The number of hydrogen-bond acceptors (Lipinski definition) is 2. The quantitative estimate of drug-likeness (QED) is 0.899. The predicted molar refractivity (Wildman–Crippen MR) is 96.4 cm³/mol. The molecule has 5 heteroatoms. The van der Waals surface area contributed by atoms with E-state index in [1.54, 1.807) is 10.8 Å². The topological polar surface area (TPSA) is 37.3 Å². The van der Waals surface area contributed by atoms with E-state index in [2.05, 4.69) is 10.2 Å². The normalized spacial score (nSPS) is 26.1. The third kappa shape index (κ3) is 3.21. The highest BCUT2D eigenvalue weighted by Gasteiger charge is 2.29. The lowest BCUT2D eigenvalue weighted by atomic mass is 9.94. The molecular weight excluding hydrogens is 322 g/mol. The minimum absolute atomic E-state index is 0.0548. The van der Waals surface area contributed by atoms with E-state index in [4.69, 9.17) is 11.6 Å². The molecule has 4 nitrogen and oxygen atoms in total. The second-order valence-electron chi connectivity index (χ2n) is 6.91. The zero-order chi connectivity index (χ0) is 16.5. The van der Waals surface area contributed by atoms with Gasteiger partial charge in [-0.3, -0.25) is 4.57 Å². The number of fused-ring (bicyclic) bond motifs is 4. The number of benzene rings is 1. The van der Waals surface area contributed by atoms with Crippen molar-refractivity contribution in [3.63, 3.8) is 0 Å². The summed E-state index contributed by atoms with van der Waals surface area (Å²) in [5.41, 5.74) is 1.91. The van der Waals surface area contributed by atoms with E-state index in [0.29, 0.717) is 5.02 Å². The molecule has 3 fully saturated rings. The molecule has 0 spiro atoms. The summed E-state index contributed by atoms with van der Waals surface area (Å²) in [7, 11) is 0. The Balaban J connectivity index is 1.46. The van der Waals surface area contributed by atoms with Gasteiger partial charge in [-0.25, -0.2) is 4.79 Å². The van der Waals surface area contributed by atoms with E-state index in [1.165, 1.54) is 25.9 Å². The molecule has 1 unspecified atom stereocenters. The van der Waals surface area contributed by atoms with Crippen molar-refractivity contribution in [1.82, 2.24) is 14.8 Å². The van der Waals surface area contributed by atoms with Crippen LogP contribution in [-0.4, -0.2) is 41.2 Å². The van der Waals surface area contributed by atoms with Crippen molar-refractivity contribution < 1.29 is 4.79 Å². The molecule has 126 valence electrons. The Morgan fingerprint density at radius 3 is 2.75 bits per heavy atom. The number of rotatable bonds is 2. The number of nitrogens with zero attached hydrogens (tertiary/aromatic N) is 2. The number of nitrogens with one attached hydrogen (secondary N) is 1. The number of carbonyl (C=O) groups excluding carboxylic acids is 1. The average molecular weight is 344 g/mol. The number of amides is 1. The van der Waals surface area contributed by atoms with Crippen LogP contribution in [0.15, 0.2) is 42.7 Å². The van der Waals surface area contributed by atoms with Gasteiger partial charge >= 0.3 is 6.03 Å². The summed E-state index contributed by atoms with van der Waals surface area (Å²) < 4.78 is 1.63. The molecule has 1 N–H and O–H groups in total. The van der Waals surface area contributed by atoms with Crippen LogP contribution in [0.25, 0.3) is 11.1 Å². The molecule has 1 aromatic heterocycles. The molecule has 3 aliphatic rings.